The van der Waals surface area contributed by atoms with Crippen LogP contribution in [0.2, 0.25) is 0 Å². The molecule has 0 atom stereocenters. The highest BCUT2D eigenvalue weighted by molar-refractivity contribution is 5.99. The van der Waals surface area contributed by atoms with E-state index in [1.165, 1.54) is 12.5 Å². The van der Waals surface area contributed by atoms with E-state index >= 15 is 0 Å². The van der Waals surface area contributed by atoms with Crippen LogP contribution in [0.5, 0.6) is 5.75 Å². The Kier molecular flexibility index (Phi) is 1.17. The van der Waals surface area contributed by atoms with E-state index in [-0.39, 0.29) is 0 Å². The molecule has 3 heteroatoms. The van der Waals surface area contributed by atoms with Crippen LogP contribution in [-0.4, -0.2) is 10.5 Å². The summed E-state index contributed by atoms with van der Waals surface area (Å²) in [5.74, 6) is 0.677. The van der Waals surface area contributed by atoms with Crippen LogP contribution in [0.3, 0.4) is 0 Å². The lowest BCUT2D eigenvalue weighted by atomic mass is 10.6. The second-order valence-electron chi connectivity index (χ2n) is 1.06. The molecule has 1 aromatic rings. The Labute approximate surface area is 44.6 Å². The first-order valence-corrected chi connectivity index (χ1v) is 2.20. The Morgan fingerprint density at radius 2 is 2.57 bits per heavy atom. The van der Waals surface area contributed by atoms with Crippen LogP contribution in [0, 0.1) is 0 Å². The molecule has 0 spiro atoms. The first-order chi connectivity index (χ1) is 3.43. The molecular weight excluding hydrogens is 108 g/mol. The minimum absolute atomic E-state index is 0.677. The fourth-order valence-corrected chi connectivity index (χ4v) is 0.426. The van der Waals surface area contributed by atoms with Gasteiger partial charge in [0.2, 0.25) is 0 Å². The molecule has 1 heterocycles. The normalized spacial score (nSPS) is 8.71. The van der Waals surface area contributed by atoms with Crippen molar-refractivity contribution >= 4 is 10.5 Å². The van der Waals surface area contributed by atoms with Gasteiger partial charge in [-0.05, 0) is 0 Å². The molecule has 1 aromatic heterocycles. The first kappa shape index (κ1) is 4.46. The summed E-state index contributed by atoms with van der Waals surface area (Å²) in [5.41, 5.74) is 0. The van der Waals surface area contributed by atoms with E-state index in [4.69, 9.17) is 0 Å². The Balaban J connectivity index is 2.76. The fraction of sp³-hybridized carbons (Fsp3) is 0. The summed E-state index contributed by atoms with van der Waals surface area (Å²) in [6.07, 6.45) is 3.03. The lowest BCUT2D eigenvalue weighted by Gasteiger charge is -1.85. The van der Waals surface area contributed by atoms with Crippen LogP contribution in [-0.2, 0) is 0 Å². The third kappa shape index (κ3) is 0.836. The Morgan fingerprint density at radius 1 is 1.71 bits per heavy atom. The van der Waals surface area contributed by atoms with E-state index in [0.29, 0.717) is 5.75 Å². The number of rotatable bonds is 1. The average Bonchev–Trinajstić information content (AvgIpc) is 2.14. The summed E-state index contributed by atoms with van der Waals surface area (Å²) in [4.78, 5) is 0. The van der Waals surface area contributed by atoms with E-state index in [1.54, 1.807) is 6.07 Å². The minimum atomic E-state index is 0.677. The van der Waals surface area contributed by atoms with Crippen LogP contribution in [0.1, 0.15) is 0 Å². The van der Waals surface area contributed by atoms with Crippen LogP contribution in [0.25, 0.3) is 0 Å². The molecular formula is C4H3O2Si. The summed E-state index contributed by atoms with van der Waals surface area (Å²) in [6.45, 7) is 0. The monoisotopic (exact) mass is 111 g/mol. The van der Waals surface area contributed by atoms with Gasteiger partial charge in [0, 0.05) is 6.07 Å². The summed E-state index contributed by atoms with van der Waals surface area (Å²) in [5, 5.41) is 0. The Morgan fingerprint density at radius 3 is 2.86 bits per heavy atom. The Bertz CT molecular complexity index is 124. The van der Waals surface area contributed by atoms with Gasteiger partial charge in [-0.2, -0.15) is 0 Å². The molecule has 0 saturated carbocycles. The van der Waals surface area contributed by atoms with Gasteiger partial charge in [0.25, 0.3) is 0 Å². The van der Waals surface area contributed by atoms with E-state index in [9.17, 15) is 0 Å². The van der Waals surface area contributed by atoms with Crippen molar-refractivity contribution in [1.29, 1.82) is 0 Å². The van der Waals surface area contributed by atoms with Crippen molar-refractivity contribution in [3.63, 3.8) is 0 Å². The number of furan rings is 1. The summed E-state index contributed by atoms with van der Waals surface area (Å²) in [6, 6.07) is 1.70. The second-order valence-corrected chi connectivity index (χ2v) is 1.27. The van der Waals surface area contributed by atoms with Crippen molar-refractivity contribution < 1.29 is 8.84 Å². The lowest BCUT2D eigenvalue weighted by Crippen LogP contribution is -1.78. The Hall–Kier alpha value is -0.703. The number of hydrogen-bond acceptors (Lipinski definition) is 2. The standard InChI is InChI=1S/C4H3O2Si/c7-6-4-1-2-5-3-4/h1-3H. The molecule has 7 heavy (non-hydrogen) atoms. The van der Waals surface area contributed by atoms with Gasteiger partial charge in [-0.15, -0.1) is 0 Å². The van der Waals surface area contributed by atoms with Crippen LogP contribution >= 0.6 is 0 Å². The second kappa shape index (κ2) is 1.84. The molecule has 3 radical (unpaired) electrons. The average molecular weight is 111 g/mol. The van der Waals surface area contributed by atoms with Crippen molar-refractivity contribution in [1.82, 2.24) is 0 Å². The highest BCUT2D eigenvalue weighted by atomic mass is 28.2. The van der Waals surface area contributed by atoms with Crippen LogP contribution in [0.4, 0.5) is 0 Å². The molecule has 0 aliphatic carbocycles. The van der Waals surface area contributed by atoms with Gasteiger partial charge < -0.3 is 8.84 Å². The quantitative estimate of drug-likeness (QED) is 0.499. The van der Waals surface area contributed by atoms with Gasteiger partial charge in [0.05, 0.1) is 6.26 Å². The summed E-state index contributed by atoms with van der Waals surface area (Å²) in [7, 11) is 2.82. The van der Waals surface area contributed by atoms with Crippen molar-refractivity contribution in [3.8, 4) is 5.75 Å². The maximum Gasteiger partial charge on any atom is 0.341 e. The highest BCUT2D eigenvalue weighted by Crippen LogP contribution is 2.06. The molecule has 0 saturated heterocycles. The van der Waals surface area contributed by atoms with Crippen molar-refractivity contribution in [2.45, 2.75) is 0 Å². The van der Waals surface area contributed by atoms with Crippen LogP contribution < -0.4 is 4.43 Å². The zero-order chi connectivity index (χ0) is 5.11. The van der Waals surface area contributed by atoms with Gasteiger partial charge in [-0.25, -0.2) is 0 Å². The third-order valence-electron chi connectivity index (χ3n) is 0.613. The smallest absolute Gasteiger partial charge is 0.341 e. The maximum absolute atomic E-state index is 4.65. The van der Waals surface area contributed by atoms with Crippen LogP contribution in [0.15, 0.2) is 23.0 Å². The van der Waals surface area contributed by atoms with Crippen molar-refractivity contribution in [3.05, 3.63) is 18.6 Å². The SMILES string of the molecule is [Si]Oc1ccoc1. The molecule has 0 unspecified atom stereocenters. The molecule has 0 aliphatic heterocycles. The predicted molar refractivity (Wildman–Crippen MR) is 25.1 cm³/mol. The third-order valence-corrected chi connectivity index (χ3v) is 0.849. The van der Waals surface area contributed by atoms with E-state index in [0.717, 1.165) is 0 Å². The summed E-state index contributed by atoms with van der Waals surface area (Å²) >= 11 is 0. The van der Waals surface area contributed by atoms with E-state index in [2.05, 4.69) is 19.3 Å². The topological polar surface area (TPSA) is 22.4 Å². The molecule has 0 aliphatic rings. The van der Waals surface area contributed by atoms with Gasteiger partial charge in [0.1, 0.15) is 12.0 Å². The predicted octanol–water partition coefficient (Wildman–Crippen LogP) is 0.742. The van der Waals surface area contributed by atoms with Gasteiger partial charge in [-0.1, -0.05) is 0 Å². The molecule has 2 nitrogen and oxygen atoms in total. The van der Waals surface area contributed by atoms with Gasteiger partial charge in [0.15, 0.2) is 0 Å². The van der Waals surface area contributed by atoms with Gasteiger partial charge >= 0.3 is 10.5 Å². The molecule has 0 fully saturated rings. The van der Waals surface area contributed by atoms with E-state index in [1.807, 2.05) is 0 Å². The van der Waals surface area contributed by atoms with Gasteiger partial charge in [-0.3, -0.25) is 0 Å². The number of hydrogen-bond donors (Lipinski definition) is 0. The summed E-state index contributed by atoms with van der Waals surface area (Å²) < 4.78 is 9.22. The van der Waals surface area contributed by atoms with E-state index < -0.39 is 0 Å². The first-order valence-electron chi connectivity index (χ1n) is 1.79. The zero-order valence-electron chi connectivity index (χ0n) is 3.55. The minimum Gasteiger partial charge on any atom is -0.538 e. The van der Waals surface area contributed by atoms with Crippen molar-refractivity contribution in [2.24, 2.45) is 0 Å². The molecule has 1 rings (SSSR count). The lowest BCUT2D eigenvalue weighted by molar-refractivity contribution is 0.540. The fourth-order valence-electron chi connectivity index (χ4n) is 0.310. The van der Waals surface area contributed by atoms with Crippen molar-refractivity contribution in [2.75, 3.05) is 0 Å². The highest BCUT2D eigenvalue weighted by Gasteiger charge is 1.84. The molecule has 35 valence electrons. The zero-order valence-corrected chi connectivity index (χ0v) is 4.55. The molecule has 0 amide bonds. The molecule has 0 N–H and O–H groups in total. The molecule has 0 aromatic carbocycles. The largest absolute Gasteiger partial charge is 0.538 e. The molecule has 0 bridgehead atoms. The maximum atomic E-state index is 4.65.